The van der Waals surface area contributed by atoms with E-state index < -0.39 is 17.4 Å². The number of rotatable bonds is 4. The molecule has 26 heavy (non-hydrogen) atoms. The van der Waals surface area contributed by atoms with Crippen LogP contribution >= 0.6 is 0 Å². The second-order valence-electron chi connectivity index (χ2n) is 5.93. The van der Waals surface area contributed by atoms with Crippen molar-refractivity contribution in [1.29, 1.82) is 0 Å². The number of aliphatic carboxylic acids is 2. The van der Waals surface area contributed by atoms with E-state index in [1.54, 1.807) is 17.1 Å². The number of allylic oxidation sites excluding steroid dienone is 2. The first-order valence-corrected chi connectivity index (χ1v) is 7.76. The van der Waals surface area contributed by atoms with Gasteiger partial charge in [0.2, 0.25) is 0 Å². The van der Waals surface area contributed by atoms with Crippen LogP contribution in [0.4, 0.5) is 0 Å². The maximum Gasteiger partial charge on any atom is 0.331 e. The largest absolute Gasteiger partial charge is 0.481 e. The molecule has 2 N–H and O–H groups in total. The zero-order valence-corrected chi connectivity index (χ0v) is 14.1. The normalized spacial score (nSPS) is 18.3. The maximum absolute atomic E-state index is 10.8. The minimum Gasteiger partial charge on any atom is -0.481 e. The van der Waals surface area contributed by atoms with Gasteiger partial charge < -0.3 is 10.2 Å². The first kappa shape index (κ1) is 18.9. The van der Waals surface area contributed by atoms with Crippen molar-refractivity contribution in [3.05, 3.63) is 72.1 Å². The highest BCUT2D eigenvalue weighted by molar-refractivity contribution is 5.90. The second-order valence-corrected chi connectivity index (χ2v) is 5.93. The molecule has 7 heteroatoms. The Kier molecular flexibility index (Phi) is 5.85. The summed E-state index contributed by atoms with van der Waals surface area (Å²) in [5.41, 5.74) is 0.592. The van der Waals surface area contributed by atoms with Crippen LogP contribution in [0.25, 0.3) is 5.69 Å². The maximum atomic E-state index is 10.8. The van der Waals surface area contributed by atoms with Crippen LogP contribution in [0.1, 0.15) is 23.7 Å². The number of aromatic nitrogens is 2. The van der Waals surface area contributed by atoms with Gasteiger partial charge in [0, 0.05) is 11.8 Å². The molecule has 1 unspecified atom stereocenters. The Labute approximate surface area is 149 Å². The summed E-state index contributed by atoms with van der Waals surface area (Å²) in [5.74, 6) is -2.06. The van der Waals surface area contributed by atoms with Crippen LogP contribution < -0.4 is 0 Å². The zero-order valence-electron chi connectivity index (χ0n) is 14.1. The molecule has 0 saturated heterocycles. The van der Waals surface area contributed by atoms with E-state index in [1.807, 2.05) is 30.3 Å². The Balaban J connectivity index is 0.000000187. The molecule has 0 saturated carbocycles. The van der Waals surface area contributed by atoms with Crippen molar-refractivity contribution in [3.63, 3.8) is 0 Å². The quantitative estimate of drug-likeness (QED) is 0.817. The van der Waals surface area contributed by atoms with E-state index in [9.17, 15) is 14.4 Å². The van der Waals surface area contributed by atoms with E-state index in [2.05, 4.69) is 5.10 Å². The molecule has 1 heterocycles. The third-order valence-corrected chi connectivity index (χ3v) is 3.84. The summed E-state index contributed by atoms with van der Waals surface area (Å²) in [7, 11) is 0. The van der Waals surface area contributed by atoms with E-state index in [1.165, 1.54) is 25.2 Å². The molecule has 3 rings (SSSR count). The van der Waals surface area contributed by atoms with Gasteiger partial charge in [0.1, 0.15) is 0 Å². The lowest BCUT2D eigenvalue weighted by molar-refractivity contribution is -0.145. The van der Waals surface area contributed by atoms with Gasteiger partial charge in [0.05, 0.1) is 22.9 Å². The summed E-state index contributed by atoms with van der Waals surface area (Å²) in [6, 6.07) is 9.66. The molecule has 0 amide bonds. The lowest BCUT2D eigenvalue weighted by atomic mass is 9.80. The van der Waals surface area contributed by atoms with Gasteiger partial charge in [-0.15, -0.1) is 0 Å². The molecule has 2 aromatic rings. The van der Waals surface area contributed by atoms with E-state index in [0.29, 0.717) is 5.56 Å². The lowest BCUT2D eigenvalue weighted by Gasteiger charge is -2.23. The van der Waals surface area contributed by atoms with E-state index in [4.69, 9.17) is 10.2 Å². The summed E-state index contributed by atoms with van der Waals surface area (Å²) in [4.78, 5) is 31.7. The number of aldehydes is 1. The Hall–Kier alpha value is -3.48. The molecule has 1 atom stereocenters. The van der Waals surface area contributed by atoms with Crippen LogP contribution in [-0.2, 0) is 9.59 Å². The minimum atomic E-state index is -1.08. The van der Waals surface area contributed by atoms with Crippen LogP contribution in [0.15, 0.2) is 66.5 Å². The van der Waals surface area contributed by atoms with Crippen molar-refractivity contribution in [2.24, 2.45) is 5.41 Å². The molecule has 0 bridgehead atoms. The Morgan fingerprint density at radius 3 is 2.46 bits per heavy atom. The van der Waals surface area contributed by atoms with Crippen LogP contribution in [-0.4, -0.2) is 38.2 Å². The van der Waals surface area contributed by atoms with E-state index in [-0.39, 0.29) is 12.0 Å². The molecule has 1 aliphatic carbocycles. The molecule has 1 aromatic heterocycles. The summed E-state index contributed by atoms with van der Waals surface area (Å²) < 4.78 is 1.67. The molecule has 0 fully saturated rings. The third kappa shape index (κ3) is 4.54. The van der Waals surface area contributed by atoms with E-state index in [0.717, 1.165) is 12.0 Å². The van der Waals surface area contributed by atoms with Gasteiger partial charge in [-0.05, 0) is 25.5 Å². The van der Waals surface area contributed by atoms with Crippen LogP contribution in [0.3, 0.4) is 0 Å². The Morgan fingerprint density at radius 2 is 1.92 bits per heavy atom. The van der Waals surface area contributed by atoms with Crippen molar-refractivity contribution in [1.82, 2.24) is 9.78 Å². The molecule has 7 nitrogen and oxygen atoms in total. The van der Waals surface area contributed by atoms with Crippen molar-refractivity contribution in [2.45, 2.75) is 13.3 Å². The number of carbonyl (C=O) groups is 3. The average molecular weight is 354 g/mol. The molecule has 1 aliphatic rings. The topological polar surface area (TPSA) is 109 Å². The summed E-state index contributed by atoms with van der Waals surface area (Å²) >= 11 is 0. The van der Waals surface area contributed by atoms with Crippen molar-refractivity contribution >= 4 is 18.2 Å². The fraction of sp³-hybridized carbons (Fsp3) is 0.158. The number of hydrogen-bond acceptors (Lipinski definition) is 4. The van der Waals surface area contributed by atoms with E-state index >= 15 is 0 Å². The molecule has 0 spiro atoms. The first-order chi connectivity index (χ1) is 12.4. The Morgan fingerprint density at radius 1 is 1.23 bits per heavy atom. The molecule has 134 valence electrons. The highest BCUT2D eigenvalue weighted by Gasteiger charge is 2.34. The SMILES string of the molecule is CC1(C(=O)O)C=CC=C(C(=O)O)C1.O=Cc1cnn(-c2ccccc2)c1. The Bertz CT molecular complexity index is 867. The van der Waals surface area contributed by atoms with Crippen LogP contribution in [0, 0.1) is 5.41 Å². The number of carboxylic acid groups (broad SMARTS) is 2. The number of carboxylic acids is 2. The summed E-state index contributed by atoms with van der Waals surface area (Å²) in [6.07, 6.45) is 8.46. The third-order valence-electron chi connectivity index (χ3n) is 3.84. The van der Waals surface area contributed by atoms with Crippen molar-refractivity contribution < 1.29 is 24.6 Å². The molecule has 0 radical (unpaired) electrons. The lowest BCUT2D eigenvalue weighted by Crippen LogP contribution is -2.28. The van der Waals surface area contributed by atoms with Crippen LogP contribution in [0.5, 0.6) is 0 Å². The zero-order chi connectivity index (χ0) is 19.2. The molecule has 0 aliphatic heterocycles. The number of carbonyl (C=O) groups excluding carboxylic acids is 1. The fourth-order valence-electron chi connectivity index (χ4n) is 2.30. The van der Waals surface area contributed by atoms with Crippen molar-refractivity contribution in [3.8, 4) is 5.69 Å². The van der Waals surface area contributed by atoms with Gasteiger partial charge in [0.25, 0.3) is 0 Å². The fourth-order valence-corrected chi connectivity index (χ4v) is 2.30. The van der Waals surface area contributed by atoms with Crippen molar-refractivity contribution in [2.75, 3.05) is 0 Å². The summed E-state index contributed by atoms with van der Waals surface area (Å²) in [6.45, 7) is 1.50. The second kappa shape index (κ2) is 8.06. The molecular weight excluding hydrogens is 336 g/mol. The number of nitrogens with zero attached hydrogens (tertiary/aromatic N) is 2. The standard InChI is InChI=1S/C10H8N2O.C9H10O4/c13-8-9-6-11-12(7-9)10-4-2-1-3-5-10;1-9(8(12)13)4-2-3-6(5-9)7(10)11/h1-8H;2-4H,5H2,1H3,(H,10,11)(H,12,13). The first-order valence-electron chi connectivity index (χ1n) is 7.76. The highest BCUT2D eigenvalue weighted by atomic mass is 16.4. The van der Waals surface area contributed by atoms with Gasteiger partial charge in [0.15, 0.2) is 6.29 Å². The number of hydrogen-bond donors (Lipinski definition) is 2. The average Bonchev–Trinajstić information content (AvgIpc) is 3.12. The van der Waals surface area contributed by atoms with Gasteiger partial charge >= 0.3 is 11.9 Å². The van der Waals surface area contributed by atoms with Gasteiger partial charge in [-0.3, -0.25) is 9.59 Å². The smallest absolute Gasteiger partial charge is 0.331 e. The monoisotopic (exact) mass is 354 g/mol. The van der Waals surface area contributed by atoms with Gasteiger partial charge in [-0.1, -0.05) is 36.4 Å². The molecular formula is C19H18N2O5. The minimum absolute atomic E-state index is 0.0359. The predicted molar refractivity (Wildman–Crippen MR) is 94.2 cm³/mol. The molecule has 1 aromatic carbocycles. The number of para-hydroxylation sites is 1. The predicted octanol–water partition coefficient (Wildman–Crippen LogP) is 2.73. The highest BCUT2D eigenvalue weighted by Crippen LogP contribution is 2.31. The van der Waals surface area contributed by atoms with Gasteiger partial charge in [-0.25, -0.2) is 9.48 Å². The van der Waals surface area contributed by atoms with Gasteiger partial charge in [-0.2, -0.15) is 5.10 Å². The summed E-state index contributed by atoms with van der Waals surface area (Å²) in [5, 5.41) is 21.5. The van der Waals surface area contributed by atoms with Crippen LogP contribution in [0.2, 0.25) is 0 Å². The number of benzene rings is 1.